The van der Waals surface area contributed by atoms with Crippen molar-refractivity contribution in [3.05, 3.63) is 92.2 Å². The van der Waals surface area contributed by atoms with Gasteiger partial charge in [-0.05, 0) is 48.4 Å². The summed E-state index contributed by atoms with van der Waals surface area (Å²) in [6, 6.07) is 15.6. The van der Waals surface area contributed by atoms with E-state index in [2.05, 4.69) is 4.72 Å². The van der Waals surface area contributed by atoms with E-state index in [1.165, 1.54) is 39.3 Å². The number of thiophene rings is 1. The topological polar surface area (TPSA) is 86.8 Å². The molecule has 3 aromatic rings. The fraction of sp³-hybridized carbons (Fsp3) is 0.200. The summed E-state index contributed by atoms with van der Waals surface area (Å²) in [6.45, 7) is 0.498. The van der Waals surface area contributed by atoms with Crippen molar-refractivity contribution in [1.82, 2.24) is 9.62 Å². The molecule has 0 saturated carbocycles. The number of benzene rings is 2. The molecule has 1 atom stereocenters. The molecule has 1 unspecified atom stereocenters. The molecule has 4 rings (SSSR count). The Labute approximate surface area is 217 Å². The lowest BCUT2D eigenvalue weighted by molar-refractivity contribution is -0.118. The lowest BCUT2D eigenvalue weighted by atomic mass is 10.1. The zero-order valence-corrected chi connectivity index (χ0v) is 21.6. The molecule has 0 bridgehead atoms. The molecule has 2 heterocycles. The number of rotatable bonds is 8. The van der Waals surface area contributed by atoms with E-state index in [4.69, 9.17) is 11.6 Å². The van der Waals surface area contributed by atoms with Crippen molar-refractivity contribution in [3.63, 3.8) is 0 Å². The molecule has 2 amide bonds. The van der Waals surface area contributed by atoms with Gasteiger partial charge < -0.3 is 9.80 Å². The Morgan fingerprint density at radius 2 is 1.97 bits per heavy atom. The quantitative estimate of drug-likeness (QED) is 0.449. The van der Waals surface area contributed by atoms with Crippen LogP contribution < -0.4 is 9.62 Å². The highest BCUT2D eigenvalue weighted by Gasteiger charge is 2.36. The summed E-state index contributed by atoms with van der Waals surface area (Å²) in [5, 5.41) is 0.970. The molecule has 1 fully saturated rings. The summed E-state index contributed by atoms with van der Waals surface area (Å²) < 4.78 is 42.7. The predicted molar refractivity (Wildman–Crippen MR) is 140 cm³/mol. The molecule has 1 aliphatic rings. The Bertz CT molecular complexity index is 1410. The highest BCUT2D eigenvalue weighted by molar-refractivity contribution is 7.92. The van der Waals surface area contributed by atoms with Crippen molar-refractivity contribution in [1.29, 1.82) is 0 Å². The predicted octanol–water partition coefficient (Wildman–Crippen LogP) is 4.51. The van der Waals surface area contributed by atoms with E-state index >= 15 is 0 Å². The molecule has 1 N–H and O–H groups in total. The first-order valence-electron chi connectivity index (χ1n) is 11.0. The maximum Gasteiger partial charge on any atom is 0.254 e. The van der Waals surface area contributed by atoms with Crippen LogP contribution in [0.1, 0.15) is 27.2 Å². The minimum Gasteiger partial charge on any atom is -0.337 e. The molecular weight excluding hydrogens is 525 g/mol. The normalized spacial score (nSPS) is 16.1. The Morgan fingerprint density at radius 3 is 2.64 bits per heavy atom. The number of hydrogen-bond donors (Lipinski definition) is 1. The molecule has 1 aromatic heterocycles. The van der Waals surface area contributed by atoms with Crippen molar-refractivity contribution in [3.8, 4) is 0 Å². The van der Waals surface area contributed by atoms with Crippen molar-refractivity contribution < 1.29 is 22.4 Å². The van der Waals surface area contributed by atoms with Gasteiger partial charge in [0.15, 0.2) is 0 Å². The monoisotopic (exact) mass is 547 g/mol. The van der Waals surface area contributed by atoms with E-state index in [1.54, 1.807) is 19.2 Å². The number of halogens is 2. The summed E-state index contributed by atoms with van der Waals surface area (Å²) in [6.07, 6.45) is 1.57. The van der Waals surface area contributed by atoms with E-state index in [9.17, 15) is 22.4 Å². The first-order valence-corrected chi connectivity index (χ1v) is 13.7. The van der Waals surface area contributed by atoms with Gasteiger partial charge in [-0.2, -0.15) is 4.72 Å². The fourth-order valence-electron chi connectivity index (χ4n) is 3.85. The third-order valence-electron chi connectivity index (χ3n) is 5.61. The second kappa shape index (κ2) is 10.9. The van der Waals surface area contributed by atoms with E-state index in [-0.39, 0.29) is 30.1 Å². The SMILES string of the molecule is CN(Cc1ccccc1)C(=O)c1ccc(N2CCC(NS(=O)(=O)/C=C/c3ccc(Cl)s3)C2=O)c(F)c1. The van der Waals surface area contributed by atoms with Crippen LogP contribution in [0, 0.1) is 5.82 Å². The third kappa shape index (κ3) is 6.19. The van der Waals surface area contributed by atoms with Crippen LogP contribution in [0.3, 0.4) is 0 Å². The van der Waals surface area contributed by atoms with Crippen LogP contribution in [0.2, 0.25) is 4.34 Å². The van der Waals surface area contributed by atoms with Gasteiger partial charge in [0.05, 0.1) is 10.0 Å². The van der Waals surface area contributed by atoms with Crippen molar-refractivity contribution >= 4 is 56.5 Å². The lowest BCUT2D eigenvalue weighted by Crippen LogP contribution is -2.41. The van der Waals surface area contributed by atoms with Gasteiger partial charge in [-0.1, -0.05) is 41.9 Å². The van der Waals surface area contributed by atoms with E-state index in [1.807, 2.05) is 30.3 Å². The van der Waals surface area contributed by atoms with Gasteiger partial charge in [0.25, 0.3) is 5.91 Å². The van der Waals surface area contributed by atoms with Gasteiger partial charge in [-0.15, -0.1) is 11.3 Å². The molecule has 2 aromatic carbocycles. The maximum absolute atomic E-state index is 15.0. The molecule has 7 nitrogen and oxygen atoms in total. The summed E-state index contributed by atoms with van der Waals surface area (Å²) in [7, 11) is -2.29. The first kappa shape index (κ1) is 26.0. The minimum absolute atomic E-state index is 0.00673. The summed E-state index contributed by atoms with van der Waals surface area (Å²) in [5.41, 5.74) is 1.08. The van der Waals surface area contributed by atoms with Crippen molar-refractivity contribution in [2.45, 2.75) is 19.0 Å². The standard InChI is InChI=1S/C25H23ClFN3O4S2/c1-29(16-17-5-3-2-4-6-17)24(31)18-7-9-22(20(27)15-18)30-13-11-21(25(30)32)28-36(33,34)14-12-19-8-10-23(26)35-19/h2-10,12,14-15,21,28H,11,13,16H2,1H3/b14-12+. The Morgan fingerprint density at radius 1 is 1.22 bits per heavy atom. The lowest BCUT2D eigenvalue weighted by Gasteiger charge is -2.20. The molecule has 0 aliphatic carbocycles. The highest BCUT2D eigenvalue weighted by atomic mass is 35.5. The van der Waals surface area contributed by atoms with E-state index in [0.717, 1.165) is 17.0 Å². The first-order chi connectivity index (χ1) is 17.1. The van der Waals surface area contributed by atoms with Crippen LogP contribution in [-0.2, 0) is 21.4 Å². The second-order valence-corrected chi connectivity index (χ2v) is 11.6. The Hall–Kier alpha value is -3.05. The van der Waals surface area contributed by atoms with Crippen molar-refractivity contribution in [2.24, 2.45) is 0 Å². The number of nitrogens with one attached hydrogen (secondary N) is 1. The van der Waals surface area contributed by atoms with Crippen LogP contribution in [0.15, 0.2) is 66.1 Å². The third-order valence-corrected chi connectivity index (χ3v) is 7.92. The molecule has 0 spiro atoms. The molecule has 188 valence electrons. The zero-order chi connectivity index (χ0) is 25.9. The van der Waals surface area contributed by atoms with Gasteiger partial charge in [0.2, 0.25) is 15.9 Å². The number of nitrogens with zero attached hydrogens (tertiary/aromatic N) is 2. The number of anilines is 1. The maximum atomic E-state index is 15.0. The number of hydrogen-bond acceptors (Lipinski definition) is 5. The summed E-state index contributed by atoms with van der Waals surface area (Å²) in [5.74, 6) is -1.66. The minimum atomic E-state index is -3.91. The van der Waals surface area contributed by atoms with Crippen LogP contribution in [-0.4, -0.2) is 44.8 Å². The largest absolute Gasteiger partial charge is 0.337 e. The Kier molecular flexibility index (Phi) is 7.89. The number of amides is 2. The van der Waals surface area contributed by atoms with Gasteiger partial charge in [-0.3, -0.25) is 9.59 Å². The molecular formula is C25H23ClFN3O4S2. The average molecular weight is 548 g/mol. The molecule has 36 heavy (non-hydrogen) atoms. The summed E-state index contributed by atoms with van der Waals surface area (Å²) in [4.78, 5) is 28.9. The molecule has 0 radical (unpaired) electrons. The van der Waals surface area contributed by atoms with Gasteiger partial charge in [0, 0.05) is 36.0 Å². The second-order valence-electron chi connectivity index (χ2n) is 8.25. The fourth-order valence-corrected chi connectivity index (χ4v) is 5.92. The van der Waals surface area contributed by atoms with E-state index in [0.29, 0.717) is 15.8 Å². The molecule has 1 saturated heterocycles. The van der Waals surface area contributed by atoms with E-state index < -0.39 is 27.8 Å². The average Bonchev–Trinajstić information content (AvgIpc) is 3.43. The van der Waals surface area contributed by atoms with Gasteiger partial charge >= 0.3 is 0 Å². The van der Waals surface area contributed by atoms with Crippen LogP contribution >= 0.6 is 22.9 Å². The molecule has 1 aliphatic heterocycles. The van der Waals surface area contributed by atoms with Gasteiger partial charge in [0.1, 0.15) is 11.9 Å². The zero-order valence-electron chi connectivity index (χ0n) is 19.2. The smallest absolute Gasteiger partial charge is 0.254 e. The van der Waals surface area contributed by atoms with Crippen molar-refractivity contribution in [2.75, 3.05) is 18.5 Å². The number of carbonyl (C=O) groups excluding carboxylic acids is 2. The number of carbonyl (C=O) groups is 2. The summed E-state index contributed by atoms with van der Waals surface area (Å²) >= 11 is 7.07. The Balaban J connectivity index is 1.41. The number of sulfonamides is 1. The highest BCUT2D eigenvalue weighted by Crippen LogP contribution is 2.27. The van der Waals surface area contributed by atoms with Crippen LogP contribution in [0.5, 0.6) is 0 Å². The van der Waals surface area contributed by atoms with Crippen LogP contribution in [0.4, 0.5) is 10.1 Å². The molecule has 11 heteroatoms. The van der Waals surface area contributed by atoms with Gasteiger partial charge in [-0.25, -0.2) is 12.8 Å². The van der Waals surface area contributed by atoms with Crippen LogP contribution in [0.25, 0.3) is 6.08 Å².